The Labute approximate surface area is 232 Å². The SMILES string of the molecule is COc1ccccc1-c1csc(NC(=O)C(Cc2c[nH]c3ccccc23)NS(=O)(=O)c2ccc(Br)cc2)n1. The van der Waals surface area contributed by atoms with E-state index in [4.69, 9.17) is 4.74 Å². The van der Waals surface area contributed by atoms with Crippen molar-refractivity contribution in [1.82, 2.24) is 14.7 Å². The van der Waals surface area contributed by atoms with E-state index in [0.29, 0.717) is 16.6 Å². The molecule has 0 saturated carbocycles. The molecule has 0 aliphatic carbocycles. The third-order valence-electron chi connectivity index (χ3n) is 5.95. The first-order valence-corrected chi connectivity index (χ1v) is 14.7. The summed E-state index contributed by atoms with van der Waals surface area (Å²) in [6, 6.07) is 20.3. The lowest BCUT2D eigenvalue weighted by molar-refractivity contribution is -0.117. The van der Waals surface area contributed by atoms with Crippen LogP contribution in [-0.4, -0.2) is 37.4 Å². The molecule has 1 atom stereocenters. The Morgan fingerprint density at radius 2 is 1.82 bits per heavy atom. The number of fused-ring (bicyclic) bond motifs is 1. The number of thiazole rings is 1. The summed E-state index contributed by atoms with van der Waals surface area (Å²) in [5, 5.41) is 5.88. The average Bonchev–Trinajstić information content (AvgIpc) is 3.55. The lowest BCUT2D eigenvalue weighted by Crippen LogP contribution is -2.45. The molecule has 194 valence electrons. The molecule has 3 aromatic carbocycles. The molecule has 38 heavy (non-hydrogen) atoms. The van der Waals surface area contributed by atoms with Crippen molar-refractivity contribution < 1.29 is 17.9 Å². The van der Waals surface area contributed by atoms with E-state index in [1.807, 2.05) is 53.9 Å². The highest BCUT2D eigenvalue weighted by atomic mass is 79.9. The van der Waals surface area contributed by atoms with E-state index in [-0.39, 0.29) is 11.3 Å². The van der Waals surface area contributed by atoms with Crippen molar-refractivity contribution in [3.05, 3.63) is 94.4 Å². The van der Waals surface area contributed by atoms with Gasteiger partial charge >= 0.3 is 0 Å². The van der Waals surface area contributed by atoms with Gasteiger partial charge in [0.2, 0.25) is 15.9 Å². The van der Waals surface area contributed by atoms with Crippen LogP contribution in [0.1, 0.15) is 5.56 Å². The van der Waals surface area contributed by atoms with Gasteiger partial charge in [0.05, 0.1) is 17.7 Å². The number of halogens is 1. The minimum atomic E-state index is -3.99. The first-order chi connectivity index (χ1) is 18.3. The summed E-state index contributed by atoms with van der Waals surface area (Å²) in [6.07, 6.45) is 1.93. The number of para-hydroxylation sites is 2. The summed E-state index contributed by atoms with van der Waals surface area (Å²) in [5.74, 6) is 0.145. The van der Waals surface area contributed by atoms with Gasteiger partial charge in [-0.3, -0.25) is 4.79 Å². The third kappa shape index (κ3) is 5.65. The van der Waals surface area contributed by atoms with Gasteiger partial charge in [-0.1, -0.05) is 46.3 Å². The standard InChI is InChI=1S/C27H23BrN4O4S2/c1-36-25-9-5-3-7-21(25)24-16-37-27(30-24)31-26(33)23(14-17-15-29-22-8-4-2-6-20(17)22)32-38(34,35)19-12-10-18(28)11-13-19/h2-13,15-16,23,29,32H,14H2,1H3,(H,30,31,33). The van der Waals surface area contributed by atoms with Crippen molar-refractivity contribution in [2.75, 3.05) is 12.4 Å². The maximum absolute atomic E-state index is 13.5. The zero-order chi connectivity index (χ0) is 26.7. The highest BCUT2D eigenvalue weighted by Crippen LogP contribution is 2.32. The number of rotatable bonds is 9. The van der Waals surface area contributed by atoms with Gasteiger partial charge in [-0.25, -0.2) is 13.4 Å². The van der Waals surface area contributed by atoms with Crippen molar-refractivity contribution in [2.24, 2.45) is 0 Å². The smallest absolute Gasteiger partial charge is 0.244 e. The minimum Gasteiger partial charge on any atom is -0.496 e. The molecule has 5 aromatic rings. The molecular weight excluding hydrogens is 588 g/mol. The summed E-state index contributed by atoms with van der Waals surface area (Å²) in [6.45, 7) is 0. The third-order valence-corrected chi connectivity index (χ3v) is 8.73. The van der Waals surface area contributed by atoms with Gasteiger partial charge in [-0.2, -0.15) is 4.72 Å². The predicted molar refractivity (Wildman–Crippen MR) is 153 cm³/mol. The molecule has 0 fully saturated rings. The van der Waals surface area contributed by atoms with Crippen molar-refractivity contribution in [3.8, 4) is 17.0 Å². The van der Waals surface area contributed by atoms with Gasteiger partial charge in [-0.05, 0) is 54.4 Å². The second kappa shape index (κ2) is 11.1. The van der Waals surface area contributed by atoms with Gasteiger partial charge in [-0.15, -0.1) is 11.3 Å². The van der Waals surface area contributed by atoms with E-state index in [0.717, 1.165) is 26.5 Å². The fraction of sp³-hybridized carbons (Fsp3) is 0.111. The second-order valence-electron chi connectivity index (χ2n) is 8.42. The number of amides is 1. The second-order valence-corrected chi connectivity index (χ2v) is 11.9. The van der Waals surface area contributed by atoms with Crippen LogP contribution in [0.4, 0.5) is 5.13 Å². The lowest BCUT2D eigenvalue weighted by Gasteiger charge is -2.18. The van der Waals surface area contributed by atoms with Gasteiger partial charge in [0.15, 0.2) is 5.13 Å². The molecule has 2 heterocycles. The summed E-state index contributed by atoms with van der Waals surface area (Å²) in [4.78, 5) is 21.3. The number of aromatic nitrogens is 2. The number of hydrogen-bond acceptors (Lipinski definition) is 6. The van der Waals surface area contributed by atoms with Crippen LogP contribution >= 0.6 is 27.3 Å². The van der Waals surface area contributed by atoms with E-state index in [9.17, 15) is 13.2 Å². The Balaban J connectivity index is 1.43. The van der Waals surface area contributed by atoms with E-state index >= 15 is 0 Å². The molecule has 0 radical (unpaired) electrons. The molecule has 1 unspecified atom stereocenters. The topological polar surface area (TPSA) is 113 Å². The van der Waals surface area contributed by atoms with Gasteiger partial charge < -0.3 is 15.0 Å². The van der Waals surface area contributed by atoms with Crippen LogP contribution in [0.5, 0.6) is 5.75 Å². The largest absolute Gasteiger partial charge is 0.496 e. The Kier molecular flexibility index (Phi) is 7.61. The highest BCUT2D eigenvalue weighted by Gasteiger charge is 2.28. The molecule has 0 bridgehead atoms. The maximum atomic E-state index is 13.5. The number of H-pyrrole nitrogens is 1. The van der Waals surface area contributed by atoms with E-state index in [2.05, 4.69) is 35.9 Å². The Morgan fingerprint density at radius 3 is 2.61 bits per heavy atom. The van der Waals surface area contributed by atoms with Crippen molar-refractivity contribution in [2.45, 2.75) is 17.4 Å². The van der Waals surface area contributed by atoms with Gasteiger partial charge in [0.1, 0.15) is 11.8 Å². The molecular formula is C27H23BrN4O4S2. The summed E-state index contributed by atoms with van der Waals surface area (Å²) >= 11 is 4.57. The minimum absolute atomic E-state index is 0.0603. The van der Waals surface area contributed by atoms with Crippen molar-refractivity contribution in [3.63, 3.8) is 0 Å². The molecule has 0 aliphatic rings. The van der Waals surface area contributed by atoms with Crippen LogP contribution in [-0.2, 0) is 21.2 Å². The zero-order valence-corrected chi connectivity index (χ0v) is 23.4. The fourth-order valence-electron chi connectivity index (χ4n) is 4.08. The van der Waals surface area contributed by atoms with Crippen LogP contribution in [0.3, 0.4) is 0 Å². The maximum Gasteiger partial charge on any atom is 0.244 e. The zero-order valence-electron chi connectivity index (χ0n) is 20.1. The van der Waals surface area contributed by atoms with Gasteiger partial charge in [0, 0.05) is 32.5 Å². The molecule has 0 spiro atoms. The Hall–Kier alpha value is -3.51. The summed E-state index contributed by atoms with van der Waals surface area (Å²) in [5.41, 5.74) is 3.15. The number of nitrogens with one attached hydrogen (secondary N) is 3. The number of methoxy groups -OCH3 is 1. The number of ether oxygens (including phenoxy) is 1. The number of benzene rings is 3. The molecule has 1 amide bonds. The van der Waals surface area contributed by atoms with Crippen molar-refractivity contribution >= 4 is 59.2 Å². The van der Waals surface area contributed by atoms with E-state index in [1.54, 1.807) is 25.4 Å². The van der Waals surface area contributed by atoms with Crippen LogP contribution in [0.2, 0.25) is 0 Å². The first kappa shape index (κ1) is 26.1. The Bertz CT molecular complexity index is 1700. The summed E-state index contributed by atoms with van der Waals surface area (Å²) in [7, 11) is -2.41. The number of sulfonamides is 1. The predicted octanol–water partition coefficient (Wildman–Crippen LogP) is 5.59. The Morgan fingerprint density at radius 1 is 1.08 bits per heavy atom. The molecule has 11 heteroatoms. The van der Waals surface area contributed by atoms with Crippen LogP contribution in [0.15, 0.2) is 93.7 Å². The molecule has 3 N–H and O–H groups in total. The normalized spacial score (nSPS) is 12.4. The van der Waals surface area contributed by atoms with Gasteiger partial charge in [0.25, 0.3) is 0 Å². The highest BCUT2D eigenvalue weighted by molar-refractivity contribution is 9.10. The molecule has 2 aromatic heterocycles. The number of nitrogens with zero attached hydrogens (tertiary/aromatic N) is 1. The monoisotopic (exact) mass is 610 g/mol. The first-order valence-electron chi connectivity index (χ1n) is 11.6. The number of hydrogen-bond donors (Lipinski definition) is 3. The van der Waals surface area contributed by atoms with E-state index < -0.39 is 22.0 Å². The van der Waals surface area contributed by atoms with Crippen molar-refractivity contribution in [1.29, 1.82) is 0 Å². The quantitative estimate of drug-likeness (QED) is 0.201. The number of aromatic amines is 1. The molecule has 0 saturated heterocycles. The van der Waals surface area contributed by atoms with Crippen LogP contribution in [0, 0.1) is 0 Å². The van der Waals surface area contributed by atoms with Crippen LogP contribution < -0.4 is 14.8 Å². The summed E-state index contributed by atoms with van der Waals surface area (Å²) < 4.78 is 35.2. The number of carbonyl (C=O) groups is 1. The lowest BCUT2D eigenvalue weighted by atomic mass is 10.1. The van der Waals surface area contributed by atoms with E-state index in [1.165, 1.54) is 23.5 Å². The number of carbonyl (C=O) groups excluding carboxylic acids is 1. The van der Waals surface area contributed by atoms with Crippen LogP contribution in [0.25, 0.3) is 22.2 Å². The number of anilines is 1. The molecule has 8 nitrogen and oxygen atoms in total. The molecule has 0 aliphatic heterocycles. The average molecular weight is 612 g/mol. The fourth-order valence-corrected chi connectivity index (χ4v) is 6.25. The molecule has 5 rings (SSSR count).